The predicted molar refractivity (Wildman–Crippen MR) is 74.0 cm³/mol. The lowest BCUT2D eigenvalue weighted by Crippen LogP contribution is -2.35. The van der Waals surface area contributed by atoms with Crippen LogP contribution in [0.4, 0.5) is 4.79 Å². The third kappa shape index (κ3) is 10.8. The lowest BCUT2D eigenvalue weighted by molar-refractivity contribution is 0.243. The summed E-state index contributed by atoms with van der Waals surface area (Å²) in [6.07, 6.45) is 8.03. The summed E-state index contributed by atoms with van der Waals surface area (Å²) in [6, 6.07) is -0.154. The van der Waals surface area contributed by atoms with Crippen molar-refractivity contribution in [2.75, 3.05) is 13.1 Å². The first-order valence-corrected chi connectivity index (χ1v) is 5.98. The van der Waals surface area contributed by atoms with Gasteiger partial charge >= 0.3 is 6.03 Å². The molecule has 0 aromatic carbocycles. The number of hydrogen-bond acceptors (Lipinski definition) is 1. The molecular weight excluding hydrogens is 212 g/mol. The Labute approximate surface area is 105 Å². The van der Waals surface area contributed by atoms with E-state index in [0.29, 0.717) is 13.1 Å². The van der Waals surface area contributed by atoms with Crippen molar-refractivity contribution in [2.24, 2.45) is 0 Å². The van der Waals surface area contributed by atoms with Gasteiger partial charge in [-0.3, -0.25) is 0 Å². The van der Waals surface area contributed by atoms with Crippen molar-refractivity contribution in [1.82, 2.24) is 10.6 Å². The van der Waals surface area contributed by atoms with Crippen LogP contribution in [0.5, 0.6) is 0 Å². The van der Waals surface area contributed by atoms with Crippen LogP contribution >= 0.6 is 0 Å². The SMILES string of the molecule is C=CCNC(=O)NC/C=C(\C)CCC=C(C)C. The van der Waals surface area contributed by atoms with Crippen LogP contribution in [0.1, 0.15) is 33.6 Å². The van der Waals surface area contributed by atoms with Crippen LogP contribution in [0, 0.1) is 0 Å². The van der Waals surface area contributed by atoms with E-state index < -0.39 is 0 Å². The van der Waals surface area contributed by atoms with Gasteiger partial charge in [-0.15, -0.1) is 6.58 Å². The maximum Gasteiger partial charge on any atom is 0.315 e. The molecule has 17 heavy (non-hydrogen) atoms. The fourth-order valence-electron chi connectivity index (χ4n) is 1.24. The molecule has 0 aliphatic carbocycles. The molecule has 0 saturated carbocycles. The van der Waals surface area contributed by atoms with Gasteiger partial charge in [0.05, 0.1) is 0 Å². The third-order valence-electron chi connectivity index (χ3n) is 2.21. The first kappa shape index (κ1) is 15.5. The summed E-state index contributed by atoms with van der Waals surface area (Å²) in [6.45, 7) is 10.9. The zero-order valence-corrected chi connectivity index (χ0v) is 11.2. The highest BCUT2D eigenvalue weighted by molar-refractivity contribution is 5.74. The van der Waals surface area contributed by atoms with Crippen molar-refractivity contribution in [2.45, 2.75) is 33.6 Å². The monoisotopic (exact) mass is 236 g/mol. The Morgan fingerprint density at radius 3 is 2.35 bits per heavy atom. The molecule has 0 fully saturated rings. The normalized spacial score (nSPS) is 10.6. The molecule has 0 rings (SSSR count). The van der Waals surface area contributed by atoms with Crippen LogP contribution < -0.4 is 10.6 Å². The molecule has 0 aliphatic heterocycles. The first-order chi connectivity index (χ1) is 8.06. The number of carbonyl (C=O) groups is 1. The number of urea groups is 1. The molecular formula is C14H24N2O. The highest BCUT2D eigenvalue weighted by atomic mass is 16.2. The molecule has 0 unspecified atom stereocenters. The maximum atomic E-state index is 11.2. The summed E-state index contributed by atoms with van der Waals surface area (Å²) >= 11 is 0. The second-order valence-electron chi connectivity index (χ2n) is 4.25. The fraction of sp³-hybridized carbons (Fsp3) is 0.500. The average Bonchev–Trinajstić information content (AvgIpc) is 2.25. The fourth-order valence-corrected chi connectivity index (χ4v) is 1.24. The Hall–Kier alpha value is -1.51. The Kier molecular flexibility index (Phi) is 8.84. The molecule has 0 aliphatic rings. The van der Waals surface area contributed by atoms with Crippen molar-refractivity contribution in [3.8, 4) is 0 Å². The largest absolute Gasteiger partial charge is 0.335 e. The van der Waals surface area contributed by atoms with Crippen molar-refractivity contribution in [3.05, 3.63) is 36.0 Å². The van der Waals surface area contributed by atoms with Crippen molar-refractivity contribution in [1.29, 1.82) is 0 Å². The summed E-state index contributed by atoms with van der Waals surface area (Å²) in [5, 5.41) is 5.42. The van der Waals surface area contributed by atoms with Crippen LogP contribution in [0.3, 0.4) is 0 Å². The minimum absolute atomic E-state index is 0.154. The molecule has 0 saturated heterocycles. The molecule has 0 atom stereocenters. The zero-order valence-electron chi connectivity index (χ0n) is 11.2. The van der Waals surface area contributed by atoms with E-state index in [-0.39, 0.29) is 6.03 Å². The van der Waals surface area contributed by atoms with Gasteiger partial charge in [-0.05, 0) is 33.6 Å². The number of hydrogen-bond donors (Lipinski definition) is 2. The molecule has 3 nitrogen and oxygen atoms in total. The molecule has 0 aromatic heterocycles. The molecule has 0 aromatic rings. The quantitative estimate of drug-likeness (QED) is 0.655. The molecule has 2 N–H and O–H groups in total. The van der Waals surface area contributed by atoms with E-state index in [1.54, 1.807) is 6.08 Å². The number of carbonyl (C=O) groups excluding carboxylic acids is 1. The molecule has 96 valence electrons. The van der Waals surface area contributed by atoms with E-state index in [1.807, 2.05) is 6.08 Å². The summed E-state index contributed by atoms with van der Waals surface area (Å²) < 4.78 is 0. The van der Waals surface area contributed by atoms with E-state index in [2.05, 4.69) is 44.1 Å². The predicted octanol–water partition coefficient (Wildman–Crippen LogP) is 3.16. The van der Waals surface area contributed by atoms with Crippen molar-refractivity contribution in [3.63, 3.8) is 0 Å². The lowest BCUT2D eigenvalue weighted by Gasteiger charge is -2.04. The minimum Gasteiger partial charge on any atom is -0.335 e. The number of amides is 2. The summed E-state index contributed by atoms with van der Waals surface area (Å²) in [5.74, 6) is 0. The van der Waals surface area contributed by atoms with Crippen LogP contribution in [0.2, 0.25) is 0 Å². The number of rotatable bonds is 7. The van der Waals surface area contributed by atoms with E-state index >= 15 is 0 Å². The van der Waals surface area contributed by atoms with Gasteiger partial charge in [0.25, 0.3) is 0 Å². The summed E-state index contributed by atoms with van der Waals surface area (Å²) in [7, 11) is 0. The van der Waals surface area contributed by atoms with E-state index in [4.69, 9.17) is 0 Å². The summed E-state index contributed by atoms with van der Waals surface area (Å²) in [4.78, 5) is 11.2. The smallest absolute Gasteiger partial charge is 0.315 e. The molecule has 0 heterocycles. The van der Waals surface area contributed by atoms with Gasteiger partial charge in [0.1, 0.15) is 0 Å². The second-order valence-corrected chi connectivity index (χ2v) is 4.25. The third-order valence-corrected chi connectivity index (χ3v) is 2.21. The van der Waals surface area contributed by atoms with Gasteiger partial charge < -0.3 is 10.6 Å². The minimum atomic E-state index is -0.154. The van der Waals surface area contributed by atoms with Crippen molar-refractivity contribution < 1.29 is 4.79 Å². The summed E-state index contributed by atoms with van der Waals surface area (Å²) in [5.41, 5.74) is 2.64. The average molecular weight is 236 g/mol. The molecule has 3 heteroatoms. The van der Waals surface area contributed by atoms with Crippen LogP contribution in [0.25, 0.3) is 0 Å². The molecule has 0 radical (unpaired) electrons. The van der Waals surface area contributed by atoms with Gasteiger partial charge in [0, 0.05) is 13.1 Å². The zero-order chi connectivity index (χ0) is 13.1. The van der Waals surface area contributed by atoms with Crippen LogP contribution in [0.15, 0.2) is 36.0 Å². The standard InChI is InChI=1S/C14H24N2O/c1-5-10-15-14(17)16-11-9-13(4)8-6-7-12(2)3/h5,7,9H,1,6,8,10-11H2,2-4H3,(H2,15,16,17)/b13-9+. The van der Waals surface area contributed by atoms with Gasteiger partial charge in [-0.25, -0.2) is 4.79 Å². The number of nitrogens with one attached hydrogen (secondary N) is 2. The lowest BCUT2D eigenvalue weighted by atomic mass is 10.1. The molecule has 2 amide bonds. The Morgan fingerprint density at radius 1 is 1.12 bits per heavy atom. The Balaban J connectivity index is 3.72. The van der Waals surface area contributed by atoms with Gasteiger partial charge in [-0.2, -0.15) is 0 Å². The first-order valence-electron chi connectivity index (χ1n) is 5.98. The van der Waals surface area contributed by atoms with E-state index in [1.165, 1.54) is 11.1 Å². The maximum absolute atomic E-state index is 11.2. The molecule has 0 bridgehead atoms. The highest BCUT2D eigenvalue weighted by Crippen LogP contribution is 2.05. The Morgan fingerprint density at radius 2 is 1.76 bits per heavy atom. The van der Waals surface area contributed by atoms with Gasteiger partial charge in [0.2, 0.25) is 0 Å². The number of allylic oxidation sites excluding steroid dienone is 3. The highest BCUT2D eigenvalue weighted by Gasteiger charge is 1.94. The van der Waals surface area contributed by atoms with Gasteiger partial charge in [-0.1, -0.05) is 29.4 Å². The molecule has 0 spiro atoms. The van der Waals surface area contributed by atoms with Gasteiger partial charge in [0.15, 0.2) is 0 Å². The van der Waals surface area contributed by atoms with E-state index in [0.717, 1.165) is 12.8 Å². The second kappa shape index (κ2) is 9.70. The van der Waals surface area contributed by atoms with Crippen LogP contribution in [-0.2, 0) is 0 Å². The van der Waals surface area contributed by atoms with E-state index in [9.17, 15) is 4.79 Å². The Bertz CT molecular complexity index is 299. The van der Waals surface area contributed by atoms with Crippen molar-refractivity contribution >= 4 is 6.03 Å². The van der Waals surface area contributed by atoms with Crippen LogP contribution in [-0.4, -0.2) is 19.1 Å². The topological polar surface area (TPSA) is 41.1 Å².